The maximum Gasteiger partial charge on any atom is 0.0721 e. The number of benzene rings is 2. The molecule has 4 heteroatoms. The van der Waals surface area contributed by atoms with Crippen molar-refractivity contribution >= 4 is 38.5 Å². The summed E-state index contributed by atoms with van der Waals surface area (Å²) in [5.41, 5.74) is 6.65. The number of hydrogen-bond donors (Lipinski definition) is 2. The Balaban J connectivity index is 2.39. The molecule has 112 valence electrons. The number of nitrogens with two attached hydrogens (primary N) is 1. The van der Waals surface area contributed by atoms with Gasteiger partial charge in [-0.25, -0.2) is 5.43 Å². The minimum absolute atomic E-state index is 0.0128. The van der Waals surface area contributed by atoms with E-state index in [-0.39, 0.29) is 6.04 Å². The smallest absolute Gasteiger partial charge is 0.0721 e. The van der Waals surface area contributed by atoms with Crippen LogP contribution >= 0.6 is 38.5 Å². The zero-order chi connectivity index (χ0) is 15.4. The van der Waals surface area contributed by atoms with Crippen molar-refractivity contribution in [3.05, 3.63) is 67.2 Å². The number of hydrazine groups is 1. The molecular weight excluding hydrogens is 439 g/mol. The third-order valence-electron chi connectivity index (χ3n) is 3.36. The van der Waals surface area contributed by atoms with Gasteiger partial charge in [-0.3, -0.25) is 5.84 Å². The van der Waals surface area contributed by atoms with E-state index in [2.05, 4.69) is 100 Å². The molecule has 0 aliphatic carbocycles. The summed E-state index contributed by atoms with van der Waals surface area (Å²) in [4.78, 5) is 0. The summed E-state index contributed by atoms with van der Waals surface area (Å²) >= 11 is 5.95. The second-order valence-corrected chi connectivity index (χ2v) is 7.71. The Morgan fingerprint density at radius 2 is 1.95 bits per heavy atom. The average molecular weight is 459 g/mol. The monoisotopic (exact) mass is 458 g/mol. The van der Waals surface area contributed by atoms with Crippen molar-refractivity contribution in [1.29, 1.82) is 0 Å². The molecule has 0 saturated carbocycles. The number of hydrogen-bond acceptors (Lipinski definition) is 2. The first-order valence-electron chi connectivity index (χ1n) is 7.01. The van der Waals surface area contributed by atoms with E-state index in [1.54, 1.807) is 0 Å². The Morgan fingerprint density at radius 1 is 1.19 bits per heavy atom. The lowest BCUT2D eigenvalue weighted by atomic mass is 9.95. The summed E-state index contributed by atoms with van der Waals surface area (Å²) in [6.45, 7) is 4.48. The Morgan fingerprint density at radius 3 is 2.62 bits per heavy atom. The first-order chi connectivity index (χ1) is 10.0. The molecule has 0 aliphatic rings. The van der Waals surface area contributed by atoms with Crippen LogP contribution in [0.1, 0.15) is 36.6 Å². The highest BCUT2D eigenvalue weighted by atomic mass is 127. The van der Waals surface area contributed by atoms with E-state index in [0.29, 0.717) is 5.92 Å². The molecule has 0 spiro atoms. The number of nitrogens with one attached hydrogen (secondary N) is 1. The van der Waals surface area contributed by atoms with Crippen LogP contribution in [0.15, 0.2) is 46.9 Å². The first-order valence-corrected chi connectivity index (χ1v) is 8.88. The lowest BCUT2D eigenvalue weighted by molar-refractivity contribution is 0.626. The van der Waals surface area contributed by atoms with Crippen LogP contribution < -0.4 is 11.3 Å². The van der Waals surface area contributed by atoms with Gasteiger partial charge >= 0.3 is 0 Å². The molecule has 0 bridgehead atoms. The lowest BCUT2D eigenvalue weighted by Gasteiger charge is -2.20. The van der Waals surface area contributed by atoms with Crippen molar-refractivity contribution in [2.75, 3.05) is 0 Å². The zero-order valence-corrected chi connectivity index (χ0v) is 16.0. The zero-order valence-electron chi connectivity index (χ0n) is 12.2. The van der Waals surface area contributed by atoms with Crippen LogP contribution in [-0.2, 0) is 6.42 Å². The van der Waals surface area contributed by atoms with Crippen LogP contribution in [0.3, 0.4) is 0 Å². The highest BCUT2D eigenvalue weighted by Crippen LogP contribution is 2.30. The third-order valence-corrected chi connectivity index (χ3v) is 4.76. The van der Waals surface area contributed by atoms with Crippen molar-refractivity contribution in [1.82, 2.24) is 5.43 Å². The van der Waals surface area contributed by atoms with Gasteiger partial charge in [0.05, 0.1) is 6.04 Å². The minimum atomic E-state index is -0.0128. The molecule has 0 amide bonds. The summed E-state index contributed by atoms with van der Waals surface area (Å²) < 4.78 is 2.27. The molecule has 0 radical (unpaired) electrons. The molecule has 1 unspecified atom stereocenters. The molecule has 0 heterocycles. The highest BCUT2D eigenvalue weighted by molar-refractivity contribution is 14.1. The first kappa shape index (κ1) is 16.9. The molecule has 2 aromatic rings. The fraction of sp³-hybridized carbons (Fsp3) is 0.294. The van der Waals surface area contributed by atoms with Crippen molar-refractivity contribution in [2.24, 2.45) is 11.8 Å². The van der Waals surface area contributed by atoms with Crippen LogP contribution in [0.2, 0.25) is 0 Å². The summed E-state index contributed by atoms with van der Waals surface area (Å²) in [6, 6.07) is 15.0. The molecule has 21 heavy (non-hydrogen) atoms. The van der Waals surface area contributed by atoms with Crippen molar-refractivity contribution in [3.8, 4) is 0 Å². The molecule has 1 atom stereocenters. The number of halogens is 2. The van der Waals surface area contributed by atoms with Gasteiger partial charge in [0.1, 0.15) is 0 Å². The predicted molar refractivity (Wildman–Crippen MR) is 101 cm³/mol. The largest absolute Gasteiger partial charge is 0.271 e. The van der Waals surface area contributed by atoms with Crippen LogP contribution in [0.25, 0.3) is 0 Å². The third kappa shape index (κ3) is 4.52. The van der Waals surface area contributed by atoms with E-state index in [9.17, 15) is 0 Å². The van der Waals surface area contributed by atoms with Gasteiger partial charge < -0.3 is 0 Å². The summed E-state index contributed by atoms with van der Waals surface area (Å²) in [7, 11) is 0. The molecule has 0 saturated heterocycles. The summed E-state index contributed by atoms with van der Waals surface area (Å²) in [5.74, 6) is 6.48. The van der Waals surface area contributed by atoms with Crippen molar-refractivity contribution in [3.63, 3.8) is 0 Å². The second-order valence-electron chi connectivity index (χ2n) is 5.61. The maximum absolute atomic E-state index is 5.83. The van der Waals surface area contributed by atoms with Crippen LogP contribution in [0, 0.1) is 9.49 Å². The Hall–Kier alpha value is -0.430. The predicted octanol–water partition coefficient (Wildman–Crippen LogP) is 4.80. The summed E-state index contributed by atoms with van der Waals surface area (Å²) in [5, 5.41) is 0. The maximum atomic E-state index is 5.83. The SMILES string of the molecule is CC(C)Cc1cccc(C(NN)c2cc(I)ccc2Br)c1. The van der Waals surface area contributed by atoms with Crippen LogP contribution in [0.4, 0.5) is 0 Å². The molecule has 2 aromatic carbocycles. The van der Waals surface area contributed by atoms with Gasteiger partial charge in [-0.05, 0) is 69.8 Å². The van der Waals surface area contributed by atoms with E-state index >= 15 is 0 Å². The topological polar surface area (TPSA) is 38.0 Å². The quantitative estimate of drug-likeness (QED) is 0.383. The molecule has 2 rings (SSSR count). The molecule has 0 aromatic heterocycles. The fourth-order valence-corrected chi connectivity index (χ4v) is 3.46. The molecule has 3 N–H and O–H groups in total. The molecular formula is C17H20BrIN2. The summed E-state index contributed by atoms with van der Waals surface area (Å²) in [6.07, 6.45) is 1.08. The van der Waals surface area contributed by atoms with E-state index in [1.807, 2.05) is 0 Å². The van der Waals surface area contributed by atoms with E-state index < -0.39 is 0 Å². The Labute approximate surface area is 148 Å². The lowest BCUT2D eigenvalue weighted by Crippen LogP contribution is -2.29. The average Bonchev–Trinajstić information content (AvgIpc) is 2.43. The molecule has 2 nitrogen and oxygen atoms in total. The van der Waals surface area contributed by atoms with Crippen LogP contribution in [0.5, 0.6) is 0 Å². The highest BCUT2D eigenvalue weighted by Gasteiger charge is 2.16. The van der Waals surface area contributed by atoms with Crippen molar-refractivity contribution in [2.45, 2.75) is 26.3 Å². The second kappa shape index (κ2) is 7.72. The van der Waals surface area contributed by atoms with E-state index in [1.165, 1.54) is 14.7 Å². The molecule has 0 aliphatic heterocycles. The molecule has 0 fully saturated rings. The normalized spacial score (nSPS) is 12.7. The Kier molecular flexibility index (Phi) is 6.22. The number of rotatable bonds is 5. The van der Waals surface area contributed by atoms with Crippen molar-refractivity contribution < 1.29 is 0 Å². The van der Waals surface area contributed by atoms with Gasteiger partial charge in [0, 0.05) is 8.04 Å². The van der Waals surface area contributed by atoms with Gasteiger partial charge in [-0.1, -0.05) is 54.0 Å². The van der Waals surface area contributed by atoms with E-state index in [0.717, 1.165) is 16.5 Å². The van der Waals surface area contributed by atoms with Gasteiger partial charge in [-0.2, -0.15) is 0 Å². The van der Waals surface area contributed by atoms with Gasteiger partial charge in [0.15, 0.2) is 0 Å². The van der Waals surface area contributed by atoms with Crippen LogP contribution in [-0.4, -0.2) is 0 Å². The van der Waals surface area contributed by atoms with Gasteiger partial charge in [0.2, 0.25) is 0 Å². The minimum Gasteiger partial charge on any atom is -0.271 e. The van der Waals surface area contributed by atoms with Gasteiger partial charge in [-0.15, -0.1) is 0 Å². The Bertz CT molecular complexity index is 613. The van der Waals surface area contributed by atoms with Gasteiger partial charge in [0.25, 0.3) is 0 Å². The fourth-order valence-electron chi connectivity index (χ4n) is 2.47. The van der Waals surface area contributed by atoms with E-state index in [4.69, 9.17) is 5.84 Å². The standard InChI is InChI=1S/C17H20BrIN2/c1-11(2)8-12-4-3-5-13(9-12)17(21-20)15-10-14(19)6-7-16(15)18/h3-7,9-11,17,21H,8,20H2,1-2H3.